The molecule has 3 aromatic rings. The summed E-state index contributed by atoms with van der Waals surface area (Å²) >= 11 is 1.26. The number of benzene rings is 2. The van der Waals surface area contributed by atoms with Gasteiger partial charge in [0.1, 0.15) is 5.69 Å². The van der Waals surface area contributed by atoms with Crippen LogP contribution in [0, 0.1) is 23.0 Å². The quantitative estimate of drug-likeness (QED) is 0.277. The van der Waals surface area contributed by atoms with Gasteiger partial charge in [-0.3, -0.25) is 20.2 Å². The number of nitrogens with zero attached hydrogens (tertiary/aromatic N) is 3. The van der Waals surface area contributed by atoms with Gasteiger partial charge in [0, 0.05) is 30.1 Å². The van der Waals surface area contributed by atoms with Gasteiger partial charge in [-0.1, -0.05) is 36.8 Å². The number of rotatable bonds is 7. The lowest BCUT2D eigenvalue weighted by Crippen LogP contribution is -2.33. The third kappa shape index (κ3) is 6.02. The smallest absolute Gasteiger partial charge is 0.338 e. The van der Waals surface area contributed by atoms with E-state index in [2.05, 4.69) is 17.2 Å². The molecule has 0 spiro atoms. The Balaban J connectivity index is 1.35. The lowest BCUT2D eigenvalue weighted by atomic mass is 9.98. The third-order valence-corrected chi connectivity index (χ3v) is 6.72. The molecule has 2 aromatic carbocycles. The van der Waals surface area contributed by atoms with Gasteiger partial charge in [0.05, 0.1) is 16.2 Å². The molecule has 1 aliphatic heterocycles. The summed E-state index contributed by atoms with van der Waals surface area (Å²) in [5.41, 5.74) is 3.17. The zero-order valence-corrected chi connectivity index (χ0v) is 20.3. The van der Waals surface area contributed by atoms with E-state index in [-0.39, 0.29) is 11.3 Å². The van der Waals surface area contributed by atoms with E-state index in [1.165, 1.54) is 23.5 Å². The van der Waals surface area contributed by atoms with Crippen molar-refractivity contribution in [2.75, 3.05) is 29.9 Å². The van der Waals surface area contributed by atoms with Crippen LogP contribution in [-0.4, -0.2) is 41.5 Å². The highest BCUT2D eigenvalue weighted by Crippen LogP contribution is 2.32. The van der Waals surface area contributed by atoms with Gasteiger partial charge in [0.2, 0.25) is 0 Å². The highest BCUT2D eigenvalue weighted by atomic mass is 32.1. The first-order valence-corrected chi connectivity index (χ1v) is 12.2. The number of piperidine rings is 1. The van der Waals surface area contributed by atoms with Crippen molar-refractivity contribution >= 4 is 39.7 Å². The molecule has 0 bridgehead atoms. The van der Waals surface area contributed by atoms with E-state index in [0.29, 0.717) is 16.7 Å². The van der Waals surface area contributed by atoms with Crippen LogP contribution in [0.5, 0.6) is 0 Å². The number of amides is 1. The number of carbonyl (C=O) groups excluding carboxylic acids is 2. The SMILES string of the molecule is Cc1ccc(-c2csc(NC(=O)COC(=O)c3ccc(N4CCC(C)CC4)c([N+](=O)[O-])c3)n2)cc1. The van der Waals surface area contributed by atoms with Gasteiger partial charge in [-0.15, -0.1) is 11.3 Å². The van der Waals surface area contributed by atoms with Gasteiger partial charge >= 0.3 is 5.97 Å². The van der Waals surface area contributed by atoms with Crippen molar-refractivity contribution in [3.05, 3.63) is 69.1 Å². The predicted octanol–water partition coefficient (Wildman–Crippen LogP) is 5.06. The number of hydrogen-bond acceptors (Lipinski definition) is 8. The number of aromatic nitrogens is 1. The molecule has 1 amide bonds. The number of nitro groups is 1. The minimum absolute atomic E-state index is 0.0227. The van der Waals surface area contributed by atoms with Crippen molar-refractivity contribution in [2.45, 2.75) is 26.7 Å². The van der Waals surface area contributed by atoms with Crippen LogP contribution in [0.4, 0.5) is 16.5 Å². The molecule has 0 atom stereocenters. The van der Waals surface area contributed by atoms with Gasteiger partial charge in [-0.05, 0) is 37.8 Å². The van der Waals surface area contributed by atoms with Crippen molar-refractivity contribution in [2.24, 2.45) is 5.92 Å². The van der Waals surface area contributed by atoms with Crippen LogP contribution in [0.2, 0.25) is 0 Å². The molecule has 0 aliphatic carbocycles. The number of thiazole rings is 1. The Morgan fingerprint density at radius 2 is 1.91 bits per heavy atom. The molecule has 35 heavy (non-hydrogen) atoms. The van der Waals surface area contributed by atoms with E-state index in [4.69, 9.17) is 4.74 Å². The molecule has 1 aromatic heterocycles. The Morgan fingerprint density at radius 1 is 1.20 bits per heavy atom. The van der Waals surface area contributed by atoms with E-state index >= 15 is 0 Å². The summed E-state index contributed by atoms with van der Waals surface area (Å²) in [6.07, 6.45) is 1.92. The molecule has 1 fully saturated rings. The molecule has 0 unspecified atom stereocenters. The van der Waals surface area contributed by atoms with Crippen LogP contribution >= 0.6 is 11.3 Å². The summed E-state index contributed by atoms with van der Waals surface area (Å²) in [5.74, 6) is -0.762. The molecular formula is C25H26N4O5S. The molecule has 0 saturated carbocycles. The number of anilines is 2. The Kier molecular flexibility index (Phi) is 7.40. The zero-order valence-electron chi connectivity index (χ0n) is 19.5. The van der Waals surface area contributed by atoms with Crippen molar-refractivity contribution in [1.82, 2.24) is 4.98 Å². The van der Waals surface area contributed by atoms with Gasteiger partial charge in [-0.2, -0.15) is 0 Å². The van der Waals surface area contributed by atoms with E-state index in [0.717, 1.165) is 42.8 Å². The monoisotopic (exact) mass is 494 g/mol. The molecule has 1 saturated heterocycles. The molecule has 1 N–H and O–H groups in total. The Bertz CT molecular complexity index is 1230. The maximum Gasteiger partial charge on any atom is 0.338 e. The first kappa shape index (κ1) is 24.3. The van der Waals surface area contributed by atoms with Crippen LogP contribution < -0.4 is 10.2 Å². The van der Waals surface area contributed by atoms with E-state index < -0.39 is 23.4 Å². The van der Waals surface area contributed by atoms with E-state index in [1.807, 2.05) is 41.5 Å². The van der Waals surface area contributed by atoms with Gasteiger partial charge in [0.15, 0.2) is 11.7 Å². The van der Waals surface area contributed by atoms with Crippen LogP contribution in [0.15, 0.2) is 47.8 Å². The largest absolute Gasteiger partial charge is 0.452 e. The topological polar surface area (TPSA) is 115 Å². The molecular weight excluding hydrogens is 468 g/mol. The summed E-state index contributed by atoms with van der Waals surface area (Å²) in [4.78, 5) is 42.3. The minimum Gasteiger partial charge on any atom is -0.452 e. The second kappa shape index (κ2) is 10.6. The molecule has 2 heterocycles. The summed E-state index contributed by atoms with van der Waals surface area (Å²) in [6.45, 7) is 5.10. The molecule has 9 nitrogen and oxygen atoms in total. The van der Waals surface area contributed by atoms with Crippen LogP contribution in [-0.2, 0) is 9.53 Å². The average Bonchev–Trinajstić information content (AvgIpc) is 3.31. The summed E-state index contributed by atoms with van der Waals surface area (Å²) < 4.78 is 5.09. The number of ether oxygens (including phenoxy) is 1. The number of esters is 1. The Hall–Kier alpha value is -3.79. The standard InChI is InChI=1S/C25H26N4O5S/c1-16-3-5-18(6-4-16)20-15-35-25(26-20)27-23(30)14-34-24(31)19-7-8-21(22(13-19)29(32)33)28-11-9-17(2)10-12-28/h3-8,13,15,17H,9-12,14H2,1-2H3,(H,26,27,30). The predicted molar refractivity (Wildman–Crippen MR) is 135 cm³/mol. The van der Waals surface area contributed by atoms with Crippen molar-refractivity contribution < 1.29 is 19.2 Å². The lowest BCUT2D eigenvalue weighted by molar-refractivity contribution is -0.384. The fourth-order valence-corrected chi connectivity index (χ4v) is 4.61. The van der Waals surface area contributed by atoms with Gasteiger partial charge in [-0.25, -0.2) is 9.78 Å². The first-order valence-electron chi connectivity index (χ1n) is 11.3. The maximum atomic E-state index is 12.5. The molecule has 10 heteroatoms. The summed E-state index contributed by atoms with van der Waals surface area (Å²) in [5, 5.41) is 16.5. The molecule has 4 rings (SSSR count). The van der Waals surface area contributed by atoms with Crippen molar-refractivity contribution in [1.29, 1.82) is 0 Å². The number of nitro benzene ring substituents is 1. The number of carbonyl (C=O) groups is 2. The normalized spacial score (nSPS) is 13.9. The zero-order chi connectivity index (χ0) is 24.9. The highest BCUT2D eigenvalue weighted by Gasteiger charge is 2.25. The van der Waals surface area contributed by atoms with E-state index in [1.54, 1.807) is 6.07 Å². The lowest BCUT2D eigenvalue weighted by Gasteiger charge is -2.31. The molecule has 182 valence electrons. The van der Waals surface area contributed by atoms with Crippen molar-refractivity contribution in [3.8, 4) is 11.3 Å². The fourth-order valence-electron chi connectivity index (χ4n) is 3.87. The van der Waals surface area contributed by atoms with Crippen LogP contribution in [0.3, 0.4) is 0 Å². The average molecular weight is 495 g/mol. The minimum atomic E-state index is -0.804. The molecule has 1 aliphatic rings. The fraction of sp³-hybridized carbons (Fsp3) is 0.320. The Labute approximate surface area is 206 Å². The Morgan fingerprint density at radius 3 is 2.60 bits per heavy atom. The van der Waals surface area contributed by atoms with E-state index in [9.17, 15) is 19.7 Å². The highest BCUT2D eigenvalue weighted by molar-refractivity contribution is 7.14. The van der Waals surface area contributed by atoms with Crippen molar-refractivity contribution in [3.63, 3.8) is 0 Å². The number of nitrogens with one attached hydrogen (secondary N) is 1. The first-order chi connectivity index (χ1) is 16.8. The summed E-state index contributed by atoms with van der Waals surface area (Å²) in [6, 6.07) is 12.2. The van der Waals surface area contributed by atoms with Gasteiger partial charge in [0.25, 0.3) is 11.6 Å². The van der Waals surface area contributed by atoms with Crippen LogP contribution in [0.25, 0.3) is 11.3 Å². The maximum absolute atomic E-state index is 12.5. The summed E-state index contributed by atoms with van der Waals surface area (Å²) in [7, 11) is 0. The number of hydrogen-bond donors (Lipinski definition) is 1. The number of aryl methyl sites for hydroxylation is 1. The van der Waals surface area contributed by atoms with Crippen LogP contribution in [0.1, 0.15) is 35.7 Å². The second-order valence-corrected chi connectivity index (χ2v) is 9.52. The third-order valence-electron chi connectivity index (χ3n) is 5.96. The second-order valence-electron chi connectivity index (χ2n) is 8.66. The van der Waals surface area contributed by atoms with Gasteiger partial charge < -0.3 is 9.64 Å². The molecule has 0 radical (unpaired) electrons.